The zero-order valence-electron chi connectivity index (χ0n) is 15.3. The summed E-state index contributed by atoms with van der Waals surface area (Å²) >= 11 is 0. The standard InChI is InChI=1S/C17H23N3O6S/c1-4-12(10-18)16(22)26-17(23)14(20-27(24,25)11(2)3)19-15(21)13-8-6-5-7-9-13/h5-12,14,18,20H,4H2,1-3H3,(H,19,21). The average Bonchev–Trinajstić information content (AvgIpc) is 2.62. The number of carbonyl (C=O) groups excluding carboxylic acids is 3. The molecule has 0 aliphatic heterocycles. The van der Waals surface area contributed by atoms with Crippen LogP contribution >= 0.6 is 0 Å². The summed E-state index contributed by atoms with van der Waals surface area (Å²) in [5, 5.41) is 8.47. The third kappa shape index (κ3) is 6.57. The summed E-state index contributed by atoms with van der Waals surface area (Å²) in [5.74, 6) is -3.95. The number of rotatable bonds is 9. The highest BCUT2D eigenvalue weighted by atomic mass is 32.2. The zero-order valence-corrected chi connectivity index (χ0v) is 16.1. The normalized spacial score (nSPS) is 13.5. The van der Waals surface area contributed by atoms with Crippen LogP contribution < -0.4 is 10.0 Å². The minimum Gasteiger partial charge on any atom is -0.390 e. The van der Waals surface area contributed by atoms with Gasteiger partial charge in [-0.15, -0.1) is 0 Å². The summed E-state index contributed by atoms with van der Waals surface area (Å²) in [4.78, 5) is 36.5. The molecule has 1 amide bonds. The number of ether oxygens (including phenoxy) is 1. The van der Waals surface area contributed by atoms with Crippen molar-refractivity contribution in [1.29, 1.82) is 5.41 Å². The molecular weight excluding hydrogens is 374 g/mol. The second-order valence-electron chi connectivity index (χ2n) is 5.91. The Bertz CT molecular complexity index is 792. The Kier molecular flexibility index (Phi) is 8.26. The number of amides is 1. The van der Waals surface area contributed by atoms with Crippen molar-refractivity contribution in [3.8, 4) is 0 Å². The predicted octanol–water partition coefficient (Wildman–Crippen LogP) is 0.816. The van der Waals surface area contributed by atoms with Crippen molar-refractivity contribution in [1.82, 2.24) is 10.0 Å². The molecule has 3 N–H and O–H groups in total. The van der Waals surface area contributed by atoms with E-state index in [0.717, 1.165) is 6.21 Å². The molecule has 148 valence electrons. The molecule has 0 heterocycles. The van der Waals surface area contributed by atoms with Crippen LogP contribution in [0, 0.1) is 11.3 Å². The van der Waals surface area contributed by atoms with Crippen LogP contribution in [0.3, 0.4) is 0 Å². The predicted molar refractivity (Wildman–Crippen MR) is 98.6 cm³/mol. The molecule has 0 spiro atoms. The van der Waals surface area contributed by atoms with Gasteiger partial charge in [-0.25, -0.2) is 13.2 Å². The van der Waals surface area contributed by atoms with Gasteiger partial charge in [0.05, 0.1) is 11.2 Å². The Morgan fingerprint density at radius 3 is 2.22 bits per heavy atom. The molecule has 1 aromatic carbocycles. The third-order valence-corrected chi connectivity index (χ3v) is 5.40. The van der Waals surface area contributed by atoms with E-state index in [2.05, 4.69) is 10.1 Å². The largest absolute Gasteiger partial charge is 0.390 e. The molecule has 2 atom stereocenters. The lowest BCUT2D eigenvalue weighted by Crippen LogP contribution is -2.55. The maximum absolute atomic E-state index is 12.3. The van der Waals surface area contributed by atoms with Crippen LogP contribution in [-0.2, 0) is 24.3 Å². The number of nitrogens with one attached hydrogen (secondary N) is 3. The maximum atomic E-state index is 12.3. The van der Waals surface area contributed by atoms with Crippen molar-refractivity contribution < 1.29 is 27.5 Å². The topological polar surface area (TPSA) is 142 Å². The molecular formula is C17H23N3O6S. The van der Waals surface area contributed by atoms with Crippen LogP contribution in [0.2, 0.25) is 0 Å². The molecule has 0 saturated heterocycles. The van der Waals surface area contributed by atoms with E-state index in [0.29, 0.717) is 0 Å². The first-order chi connectivity index (χ1) is 12.6. The molecule has 0 aromatic heterocycles. The van der Waals surface area contributed by atoms with Crippen molar-refractivity contribution in [3.05, 3.63) is 35.9 Å². The van der Waals surface area contributed by atoms with E-state index in [-0.39, 0.29) is 12.0 Å². The minimum atomic E-state index is -3.96. The van der Waals surface area contributed by atoms with Gasteiger partial charge in [-0.3, -0.25) is 9.59 Å². The quantitative estimate of drug-likeness (QED) is 0.244. The van der Waals surface area contributed by atoms with E-state index in [1.165, 1.54) is 26.0 Å². The van der Waals surface area contributed by atoms with Gasteiger partial charge in [0.2, 0.25) is 10.0 Å². The minimum absolute atomic E-state index is 0.191. The van der Waals surface area contributed by atoms with Gasteiger partial charge in [-0.05, 0) is 32.4 Å². The van der Waals surface area contributed by atoms with Crippen LogP contribution in [0.4, 0.5) is 0 Å². The Morgan fingerprint density at radius 2 is 1.74 bits per heavy atom. The summed E-state index contributed by atoms with van der Waals surface area (Å²) < 4.78 is 30.9. The number of benzene rings is 1. The van der Waals surface area contributed by atoms with Crippen LogP contribution in [0.25, 0.3) is 0 Å². The lowest BCUT2D eigenvalue weighted by molar-refractivity contribution is -0.162. The number of carbonyl (C=O) groups is 3. The van der Waals surface area contributed by atoms with E-state index in [1.807, 2.05) is 4.72 Å². The Hall–Kier alpha value is -2.59. The first kappa shape index (κ1) is 22.5. The molecule has 9 nitrogen and oxygen atoms in total. The van der Waals surface area contributed by atoms with Crippen molar-refractivity contribution in [2.45, 2.75) is 38.6 Å². The fourth-order valence-corrected chi connectivity index (χ4v) is 2.58. The van der Waals surface area contributed by atoms with Gasteiger partial charge in [-0.2, -0.15) is 4.72 Å². The molecule has 27 heavy (non-hydrogen) atoms. The Morgan fingerprint density at radius 1 is 1.15 bits per heavy atom. The van der Waals surface area contributed by atoms with Gasteiger partial charge in [0.25, 0.3) is 5.91 Å². The van der Waals surface area contributed by atoms with Crippen molar-refractivity contribution in [3.63, 3.8) is 0 Å². The summed E-state index contributed by atoms with van der Waals surface area (Å²) in [5.41, 5.74) is 0.191. The van der Waals surface area contributed by atoms with E-state index in [9.17, 15) is 22.8 Å². The van der Waals surface area contributed by atoms with Gasteiger partial charge in [0.15, 0.2) is 6.17 Å². The van der Waals surface area contributed by atoms with Crippen molar-refractivity contribution >= 4 is 34.1 Å². The summed E-state index contributed by atoms with van der Waals surface area (Å²) in [7, 11) is -3.96. The smallest absolute Gasteiger partial charge is 0.352 e. The van der Waals surface area contributed by atoms with Crippen LogP contribution in [0.5, 0.6) is 0 Å². The molecule has 1 aromatic rings. The van der Waals surface area contributed by atoms with Gasteiger partial charge in [0.1, 0.15) is 0 Å². The molecule has 0 radical (unpaired) electrons. The lowest BCUT2D eigenvalue weighted by Gasteiger charge is -2.20. The highest BCUT2D eigenvalue weighted by Gasteiger charge is 2.32. The molecule has 10 heteroatoms. The highest BCUT2D eigenvalue weighted by Crippen LogP contribution is 2.06. The lowest BCUT2D eigenvalue weighted by atomic mass is 10.1. The summed E-state index contributed by atoms with van der Waals surface area (Å²) in [6, 6.07) is 7.83. The van der Waals surface area contributed by atoms with E-state index in [1.54, 1.807) is 25.1 Å². The van der Waals surface area contributed by atoms with E-state index < -0.39 is 45.2 Å². The molecule has 0 fully saturated rings. The van der Waals surface area contributed by atoms with Gasteiger partial charge >= 0.3 is 11.9 Å². The van der Waals surface area contributed by atoms with Crippen molar-refractivity contribution in [2.75, 3.05) is 0 Å². The maximum Gasteiger partial charge on any atom is 0.352 e. The van der Waals surface area contributed by atoms with Crippen LogP contribution in [0.1, 0.15) is 37.6 Å². The van der Waals surface area contributed by atoms with E-state index >= 15 is 0 Å². The first-order valence-electron chi connectivity index (χ1n) is 8.25. The molecule has 0 bridgehead atoms. The average molecular weight is 397 g/mol. The molecule has 0 saturated carbocycles. The number of hydrogen-bond donors (Lipinski definition) is 3. The number of sulfonamides is 1. The van der Waals surface area contributed by atoms with Gasteiger partial charge < -0.3 is 15.5 Å². The second-order valence-corrected chi connectivity index (χ2v) is 8.17. The summed E-state index contributed by atoms with van der Waals surface area (Å²) in [6.07, 6.45) is -0.739. The van der Waals surface area contributed by atoms with Crippen LogP contribution in [0.15, 0.2) is 30.3 Å². The molecule has 0 aliphatic rings. The molecule has 0 aliphatic carbocycles. The van der Waals surface area contributed by atoms with Gasteiger partial charge in [0, 0.05) is 11.8 Å². The second kappa shape index (κ2) is 9.93. The first-order valence-corrected chi connectivity index (χ1v) is 9.80. The fraction of sp³-hybridized carbons (Fsp3) is 0.412. The van der Waals surface area contributed by atoms with Gasteiger partial charge in [-0.1, -0.05) is 25.1 Å². The number of hydrogen-bond acceptors (Lipinski definition) is 7. The zero-order chi connectivity index (χ0) is 20.6. The molecule has 2 unspecified atom stereocenters. The molecule has 1 rings (SSSR count). The van der Waals surface area contributed by atoms with Crippen LogP contribution in [-0.4, -0.2) is 43.9 Å². The Labute approximate surface area is 158 Å². The highest BCUT2D eigenvalue weighted by molar-refractivity contribution is 7.90. The third-order valence-electron chi connectivity index (χ3n) is 3.59. The SMILES string of the molecule is CCC(C=N)C(=O)OC(=O)C(NC(=O)c1ccccc1)NS(=O)(=O)C(C)C. The number of esters is 2. The Balaban J connectivity index is 3.03. The van der Waals surface area contributed by atoms with E-state index in [4.69, 9.17) is 5.41 Å². The van der Waals surface area contributed by atoms with Crippen molar-refractivity contribution in [2.24, 2.45) is 5.92 Å². The summed E-state index contributed by atoms with van der Waals surface area (Å²) in [6.45, 7) is 4.39. The monoisotopic (exact) mass is 397 g/mol. The fourth-order valence-electron chi connectivity index (χ4n) is 1.83.